The van der Waals surface area contributed by atoms with Crippen molar-refractivity contribution < 1.29 is 14.3 Å². The van der Waals surface area contributed by atoms with Crippen LogP contribution in [-0.2, 0) is 16.1 Å². The Morgan fingerprint density at radius 1 is 1.00 bits per heavy atom. The van der Waals surface area contributed by atoms with Crippen molar-refractivity contribution in [3.63, 3.8) is 0 Å². The van der Waals surface area contributed by atoms with Crippen LogP contribution in [0.5, 0.6) is 5.75 Å². The summed E-state index contributed by atoms with van der Waals surface area (Å²) in [5, 5.41) is 2.50. The van der Waals surface area contributed by atoms with Gasteiger partial charge in [0.25, 0.3) is 0 Å². The molecule has 0 spiro atoms. The summed E-state index contributed by atoms with van der Waals surface area (Å²) in [6.07, 6.45) is 7.21. The fourth-order valence-electron chi connectivity index (χ4n) is 4.92. The van der Waals surface area contributed by atoms with E-state index in [1.165, 1.54) is 42.0 Å². The maximum atomic E-state index is 11.9. The van der Waals surface area contributed by atoms with Gasteiger partial charge in [0.15, 0.2) is 0 Å². The van der Waals surface area contributed by atoms with Crippen molar-refractivity contribution in [2.75, 3.05) is 19.7 Å². The lowest BCUT2D eigenvalue weighted by Crippen LogP contribution is -2.36. The number of carbonyl (C=O) groups is 1. The Morgan fingerprint density at radius 2 is 1.73 bits per heavy atom. The molecule has 162 valence electrons. The van der Waals surface area contributed by atoms with Crippen LogP contribution in [0.4, 0.5) is 0 Å². The predicted octanol–water partition coefficient (Wildman–Crippen LogP) is 5.57. The summed E-state index contributed by atoms with van der Waals surface area (Å²) < 4.78 is 11.5. The van der Waals surface area contributed by atoms with Crippen LogP contribution in [-0.4, -0.2) is 36.7 Å². The summed E-state index contributed by atoms with van der Waals surface area (Å²) in [6, 6.07) is 13.2. The number of carbonyl (C=O) groups excluding carboxylic acids is 1. The number of nitrogens with zero attached hydrogens (tertiary/aromatic N) is 1. The highest BCUT2D eigenvalue weighted by Gasteiger charge is 2.26. The topological polar surface area (TPSA) is 38.8 Å². The highest BCUT2D eigenvalue weighted by Crippen LogP contribution is 2.30. The minimum atomic E-state index is -0.0245. The maximum absolute atomic E-state index is 11.9. The molecule has 0 N–H and O–H groups in total. The molecule has 1 saturated carbocycles. The highest BCUT2D eigenvalue weighted by molar-refractivity contribution is 5.84. The summed E-state index contributed by atoms with van der Waals surface area (Å²) in [7, 11) is 0. The van der Waals surface area contributed by atoms with E-state index in [4.69, 9.17) is 9.47 Å². The van der Waals surface area contributed by atoms with E-state index >= 15 is 0 Å². The Hall–Kier alpha value is -2.07. The molecule has 4 nitrogen and oxygen atoms in total. The van der Waals surface area contributed by atoms with Crippen LogP contribution in [0.15, 0.2) is 36.4 Å². The summed E-state index contributed by atoms with van der Waals surface area (Å²) in [6.45, 7) is 7.50. The Labute approximate surface area is 180 Å². The van der Waals surface area contributed by atoms with Gasteiger partial charge in [-0.25, -0.2) is 0 Å². The van der Waals surface area contributed by atoms with E-state index in [0.717, 1.165) is 38.2 Å². The first-order valence-electron chi connectivity index (χ1n) is 11.7. The van der Waals surface area contributed by atoms with Crippen molar-refractivity contribution in [2.45, 2.75) is 65.0 Å². The zero-order valence-corrected chi connectivity index (χ0v) is 18.4. The van der Waals surface area contributed by atoms with Crippen molar-refractivity contribution in [3.8, 4) is 5.75 Å². The fraction of sp³-hybridized carbons (Fsp3) is 0.577. The largest absolute Gasteiger partial charge is 0.490 e. The number of likely N-dealkylation sites (tertiary alicyclic amines) is 1. The molecule has 2 atom stereocenters. The van der Waals surface area contributed by atoms with E-state index in [-0.39, 0.29) is 11.9 Å². The standard InChI is InChI=1S/C26H35NO3/c1-3-29-26(28)21-12-14-27(15-13-21)18-20-8-9-23-17-24(11-10-22(23)16-20)30-25-7-5-4-6-19(25)2/h8-11,16-17,19,21,25H,3-7,12-15,18H2,1-2H3. The third kappa shape index (κ3) is 5.15. The van der Waals surface area contributed by atoms with Crippen molar-refractivity contribution in [1.29, 1.82) is 0 Å². The zero-order chi connectivity index (χ0) is 20.9. The number of rotatable bonds is 6. The van der Waals surface area contributed by atoms with E-state index < -0.39 is 0 Å². The van der Waals surface area contributed by atoms with Gasteiger partial charge in [-0.2, -0.15) is 0 Å². The van der Waals surface area contributed by atoms with Crippen molar-refractivity contribution in [3.05, 3.63) is 42.0 Å². The first-order valence-corrected chi connectivity index (χ1v) is 11.7. The van der Waals surface area contributed by atoms with Crippen LogP contribution in [0.2, 0.25) is 0 Å². The molecule has 1 heterocycles. The second kappa shape index (κ2) is 9.82. The molecule has 0 aromatic heterocycles. The zero-order valence-electron chi connectivity index (χ0n) is 18.4. The molecule has 4 rings (SSSR count). The molecule has 2 aliphatic rings. The quantitative estimate of drug-likeness (QED) is 0.585. The molecule has 2 aromatic carbocycles. The fourth-order valence-corrected chi connectivity index (χ4v) is 4.92. The highest BCUT2D eigenvalue weighted by atomic mass is 16.5. The number of hydrogen-bond donors (Lipinski definition) is 0. The van der Waals surface area contributed by atoms with Crippen LogP contribution < -0.4 is 4.74 Å². The van der Waals surface area contributed by atoms with Crippen LogP contribution >= 0.6 is 0 Å². The van der Waals surface area contributed by atoms with Crippen molar-refractivity contribution in [1.82, 2.24) is 4.90 Å². The van der Waals surface area contributed by atoms with Crippen LogP contribution in [0.25, 0.3) is 10.8 Å². The number of fused-ring (bicyclic) bond motifs is 1. The second-order valence-electron chi connectivity index (χ2n) is 9.06. The number of hydrogen-bond acceptors (Lipinski definition) is 4. The lowest BCUT2D eigenvalue weighted by Gasteiger charge is -2.31. The molecule has 2 unspecified atom stereocenters. The third-order valence-electron chi connectivity index (χ3n) is 6.81. The molecule has 1 aliphatic heterocycles. The summed E-state index contributed by atoms with van der Waals surface area (Å²) in [4.78, 5) is 14.4. The first kappa shape index (κ1) is 21.2. The van der Waals surface area contributed by atoms with Gasteiger partial charge >= 0.3 is 5.97 Å². The number of ether oxygens (including phenoxy) is 2. The molecule has 1 aliphatic carbocycles. The van der Waals surface area contributed by atoms with Crippen LogP contribution in [0.3, 0.4) is 0 Å². The normalized spacial score (nSPS) is 23.4. The van der Waals surface area contributed by atoms with E-state index in [1.807, 2.05) is 6.92 Å². The molecule has 0 amide bonds. The van der Waals surface area contributed by atoms with E-state index in [9.17, 15) is 4.79 Å². The van der Waals surface area contributed by atoms with Gasteiger partial charge in [-0.3, -0.25) is 9.69 Å². The van der Waals surface area contributed by atoms with Gasteiger partial charge in [0.05, 0.1) is 12.5 Å². The maximum Gasteiger partial charge on any atom is 0.309 e. The van der Waals surface area contributed by atoms with Crippen molar-refractivity contribution >= 4 is 16.7 Å². The first-order chi connectivity index (χ1) is 14.6. The molecule has 2 fully saturated rings. The molecular formula is C26H35NO3. The molecule has 4 heteroatoms. The number of piperidine rings is 1. The second-order valence-corrected chi connectivity index (χ2v) is 9.06. The average Bonchev–Trinajstić information content (AvgIpc) is 2.76. The minimum absolute atomic E-state index is 0.0245. The lowest BCUT2D eigenvalue weighted by molar-refractivity contribution is -0.149. The number of esters is 1. The summed E-state index contributed by atoms with van der Waals surface area (Å²) >= 11 is 0. The van der Waals surface area contributed by atoms with Gasteiger partial charge in [-0.1, -0.05) is 31.5 Å². The van der Waals surface area contributed by atoms with Gasteiger partial charge in [-0.15, -0.1) is 0 Å². The van der Waals surface area contributed by atoms with Gasteiger partial charge < -0.3 is 9.47 Å². The van der Waals surface area contributed by atoms with Crippen molar-refractivity contribution in [2.24, 2.45) is 11.8 Å². The van der Waals surface area contributed by atoms with Crippen LogP contribution in [0.1, 0.15) is 57.9 Å². The van der Waals surface area contributed by atoms with E-state index in [2.05, 4.69) is 48.2 Å². The van der Waals surface area contributed by atoms with Gasteiger partial charge in [0, 0.05) is 6.54 Å². The minimum Gasteiger partial charge on any atom is -0.490 e. The molecule has 1 saturated heterocycles. The molecule has 2 aromatic rings. The van der Waals surface area contributed by atoms with Gasteiger partial charge in [0.1, 0.15) is 11.9 Å². The Kier molecular flexibility index (Phi) is 6.93. The molecule has 0 bridgehead atoms. The van der Waals surface area contributed by atoms with E-state index in [1.54, 1.807) is 0 Å². The summed E-state index contributed by atoms with van der Waals surface area (Å²) in [5.74, 6) is 1.69. The predicted molar refractivity (Wildman–Crippen MR) is 121 cm³/mol. The van der Waals surface area contributed by atoms with Crippen LogP contribution in [0, 0.1) is 11.8 Å². The smallest absolute Gasteiger partial charge is 0.309 e. The number of benzene rings is 2. The Balaban J connectivity index is 1.35. The molecular weight excluding hydrogens is 374 g/mol. The monoisotopic (exact) mass is 409 g/mol. The Bertz CT molecular complexity index is 856. The summed E-state index contributed by atoms with van der Waals surface area (Å²) in [5.41, 5.74) is 1.33. The van der Waals surface area contributed by atoms with Gasteiger partial charge in [-0.05, 0) is 92.6 Å². The average molecular weight is 410 g/mol. The van der Waals surface area contributed by atoms with Gasteiger partial charge in [0.2, 0.25) is 0 Å². The van der Waals surface area contributed by atoms with E-state index in [0.29, 0.717) is 18.6 Å². The molecule has 0 radical (unpaired) electrons. The lowest BCUT2D eigenvalue weighted by atomic mass is 9.88. The Morgan fingerprint density at radius 3 is 2.50 bits per heavy atom. The third-order valence-corrected chi connectivity index (χ3v) is 6.81. The SMILES string of the molecule is CCOC(=O)C1CCN(Cc2ccc3cc(OC4CCCCC4C)ccc3c2)CC1. The molecule has 30 heavy (non-hydrogen) atoms.